The standard InChI is InChI=1S/C11H19F4N/c1-8(9-5-3-2-4-6-9)16-7-11(14,15)10(12)13/h8-10,16H,2-7H2,1H3. The summed E-state index contributed by atoms with van der Waals surface area (Å²) in [6.07, 6.45) is 1.85. The van der Waals surface area contributed by atoms with Gasteiger partial charge in [-0.1, -0.05) is 19.3 Å². The average molecular weight is 241 g/mol. The molecular formula is C11H19F4N. The Balaban J connectivity index is 2.31. The quantitative estimate of drug-likeness (QED) is 0.727. The van der Waals surface area contributed by atoms with Crippen molar-refractivity contribution in [1.82, 2.24) is 5.32 Å². The monoisotopic (exact) mass is 241 g/mol. The van der Waals surface area contributed by atoms with Gasteiger partial charge in [0.2, 0.25) is 0 Å². The van der Waals surface area contributed by atoms with Crippen molar-refractivity contribution in [3.05, 3.63) is 0 Å². The predicted molar refractivity (Wildman–Crippen MR) is 55.0 cm³/mol. The highest BCUT2D eigenvalue weighted by atomic mass is 19.3. The third-order valence-electron chi connectivity index (χ3n) is 3.34. The molecule has 0 amide bonds. The highest BCUT2D eigenvalue weighted by Gasteiger charge is 2.40. The summed E-state index contributed by atoms with van der Waals surface area (Å²) in [7, 11) is 0. The Hall–Kier alpha value is -0.320. The molecule has 1 atom stereocenters. The Morgan fingerprint density at radius 1 is 1.19 bits per heavy atom. The number of alkyl halides is 4. The summed E-state index contributed by atoms with van der Waals surface area (Å²) in [5.74, 6) is -3.56. The number of rotatable bonds is 5. The molecule has 0 aromatic rings. The van der Waals surface area contributed by atoms with E-state index in [-0.39, 0.29) is 6.04 Å². The third-order valence-corrected chi connectivity index (χ3v) is 3.34. The number of hydrogen-bond donors (Lipinski definition) is 1. The van der Waals surface area contributed by atoms with E-state index >= 15 is 0 Å². The third kappa shape index (κ3) is 3.92. The van der Waals surface area contributed by atoms with E-state index in [0.29, 0.717) is 5.92 Å². The van der Waals surface area contributed by atoms with Crippen molar-refractivity contribution in [2.45, 2.75) is 57.4 Å². The van der Waals surface area contributed by atoms with Crippen molar-refractivity contribution >= 4 is 0 Å². The van der Waals surface area contributed by atoms with Crippen molar-refractivity contribution in [3.63, 3.8) is 0 Å². The van der Waals surface area contributed by atoms with Gasteiger partial charge in [-0.15, -0.1) is 0 Å². The summed E-state index contributed by atoms with van der Waals surface area (Å²) >= 11 is 0. The normalized spacial score (nSPS) is 21.4. The van der Waals surface area contributed by atoms with Crippen molar-refractivity contribution < 1.29 is 17.6 Å². The Morgan fingerprint density at radius 2 is 1.75 bits per heavy atom. The number of halogens is 4. The number of hydrogen-bond acceptors (Lipinski definition) is 1. The Labute approximate surface area is 93.6 Å². The van der Waals surface area contributed by atoms with E-state index in [1.165, 1.54) is 6.42 Å². The fourth-order valence-electron chi connectivity index (χ4n) is 2.18. The lowest BCUT2D eigenvalue weighted by Gasteiger charge is -2.29. The molecular weight excluding hydrogens is 222 g/mol. The van der Waals surface area contributed by atoms with E-state index < -0.39 is 18.9 Å². The second kappa shape index (κ2) is 5.84. The van der Waals surface area contributed by atoms with Crippen LogP contribution >= 0.6 is 0 Å². The second-order valence-electron chi connectivity index (χ2n) is 4.63. The van der Waals surface area contributed by atoms with Crippen LogP contribution in [0.1, 0.15) is 39.0 Å². The van der Waals surface area contributed by atoms with Crippen LogP contribution in [-0.4, -0.2) is 24.9 Å². The van der Waals surface area contributed by atoms with Crippen LogP contribution in [0.5, 0.6) is 0 Å². The first-order valence-corrected chi connectivity index (χ1v) is 5.83. The first-order valence-electron chi connectivity index (χ1n) is 5.83. The molecule has 0 bridgehead atoms. The maximum atomic E-state index is 12.7. The highest BCUT2D eigenvalue weighted by Crippen LogP contribution is 2.27. The van der Waals surface area contributed by atoms with Crippen LogP contribution in [0.3, 0.4) is 0 Å². The second-order valence-corrected chi connectivity index (χ2v) is 4.63. The topological polar surface area (TPSA) is 12.0 Å². The van der Waals surface area contributed by atoms with Crippen molar-refractivity contribution in [1.29, 1.82) is 0 Å². The maximum absolute atomic E-state index is 12.7. The van der Waals surface area contributed by atoms with Crippen LogP contribution < -0.4 is 5.32 Å². The first-order chi connectivity index (χ1) is 7.43. The van der Waals surface area contributed by atoms with Crippen molar-refractivity contribution in [3.8, 4) is 0 Å². The molecule has 0 aliphatic heterocycles. The smallest absolute Gasteiger partial charge is 0.308 e. The molecule has 1 saturated carbocycles. The molecule has 0 aromatic heterocycles. The molecule has 0 spiro atoms. The Bertz CT molecular complexity index is 202. The molecule has 1 aliphatic rings. The minimum absolute atomic E-state index is 0.107. The van der Waals surface area contributed by atoms with Gasteiger partial charge in [0.05, 0.1) is 6.54 Å². The lowest BCUT2D eigenvalue weighted by Crippen LogP contribution is -2.45. The molecule has 0 radical (unpaired) electrons. The van der Waals surface area contributed by atoms with Gasteiger partial charge >= 0.3 is 12.3 Å². The zero-order valence-electron chi connectivity index (χ0n) is 9.49. The van der Waals surface area contributed by atoms with E-state index in [9.17, 15) is 17.6 Å². The Kier molecular flexibility index (Phi) is 5.02. The largest absolute Gasteiger partial charge is 0.319 e. The summed E-state index contributed by atoms with van der Waals surface area (Å²) in [5.41, 5.74) is 0. The summed E-state index contributed by atoms with van der Waals surface area (Å²) in [5, 5.41) is 2.54. The van der Waals surface area contributed by atoms with Gasteiger partial charge in [-0.3, -0.25) is 0 Å². The van der Waals surface area contributed by atoms with Gasteiger partial charge in [0.1, 0.15) is 0 Å². The lowest BCUT2D eigenvalue weighted by atomic mass is 9.84. The summed E-state index contributed by atoms with van der Waals surface area (Å²) in [6, 6.07) is -0.107. The molecule has 5 heteroatoms. The summed E-state index contributed by atoms with van der Waals surface area (Å²) in [6.45, 7) is 0.875. The molecule has 1 aliphatic carbocycles. The van der Waals surface area contributed by atoms with E-state index in [2.05, 4.69) is 5.32 Å². The van der Waals surface area contributed by atoms with Crippen LogP contribution in [0.15, 0.2) is 0 Å². The molecule has 0 heterocycles. The molecule has 1 N–H and O–H groups in total. The van der Waals surface area contributed by atoms with Crippen LogP contribution in [0.2, 0.25) is 0 Å². The molecule has 0 aromatic carbocycles. The highest BCUT2D eigenvalue weighted by molar-refractivity contribution is 4.80. The van der Waals surface area contributed by atoms with Crippen LogP contribution in [0.25, 0.3) is 0 Å². The molecule has 1 unspecified atom stereocenters. The molecule has 96 valence electrons. The zero-order chi connectivity index (χ0) is 12.2. The van der Waals surface area contributed by atoms with Gasteiger partial charge in [0, 0.05) is 6.04 Å². The predicted octanol–water partition coefficient (Wildman–Crippen LogP) is 3.45. The van der Waals surface area contributed by atoms with Gasteiger partial charge in [-0.25, -0.2) is 8.78 Å². The van der Waals surface area contributed by atoms with Gasteiger partial charge in [-0.05, 0) is 25.7 Å². The molecule has 16 heavy (non-hydrogen) atoms. The minimum Gasteiger partial charge on any atom is -0.308 e. The van der Waals surface area contributed by atoms with Gasteiger partial charge in [-0.2, -0.15) is 8.78 Å². The summed E-state index contributed by atoms with van der Waals surface area (Å²) in [4.78, 5) is 0. The lowest BCUT2D eigenvalue weighted by molar-refractivity contribution is -0.126. The minimum atomic E-state index is -3.91. The van der Waals surface area contributed by atoms with Crippen LogP contribution in [0, 0.1) is 5.92 Å². The van der Waals surface area contributed by atoms with Gasteiger partial charge < -0.3 is 5.32 Å². The maximum Gasteiger partial charge on any atom is 0.319 e. The van der Waals surface area contributed by atoms with E-state index in [0.717, 1.165) is 25.7 Å². The van der Waals surface area contributed by atoms with Crippen molar-refractivity contribution in [2.75, 3.05) is 6.54 Å². The molecule has 1 fully saturated rings. The van der Waals surface area contributed by atoms with E-state index in [1.807, 2.05) is 0 Å². The SMILES string of the molecule is CC(NCC(F)(F)C(F)F)C1CCCCC1. The Morgan fingerprint density at radius 3 is 2.25 bits per heavy atom. The number of nitrogens with one attached hydrogen (secondary N) is 1. The zero-order valence-corrected chi connectivity index (χ0v) is 9.49. The summed E-state index contributed by atoms with van der Waals surface area (Å²) < 4.78 is 49.2. The van der Waals surface area contributed by atoms with E-state index in [4.69, 9.17) is 0 Å². The molecule has 0 saturated heterocycles. The average Bonchev–Trinajstić information content (AvgIpc) is 2.27. The van der Waals surface area contributed by atoms with E-state index in [1.54, 1.807) is 6.92 Å². The fourth-order valence-corrected chi connectivity index (χ4v) is 2.18. The van der Waals surface area contributed by atoms with Gasteiger partial charge in [0.25, 0.3) is 0 Å². The van der Waals surface area contributed by atoms with Crippen LogP contribution in [-0.2, 0) is 0 Å². The van der Waals surface area contributed by atoms with Crippen LogP contribution in [0.4, 0.5) is 17.6 Å². The first kappa shape index (κ1) is 13.7. The molecule has 1 rings (SSSR count). The fraction of sp³-hybridized carbons (Fsp3) is 1.00. The van der Waals surface area contributed by atoms with Gasteiger partial charge in [0.15, 0.2) is 0 Å². The van der Waals surface area contributed by atoms with Crippen molar-refractivity contribution in [2.24, 2.45) is 5.92 Å². The molecule has 1 nitrogen and oxygen atoms in total.